The molecule has 2 aliphatic heterocycles. The lowest BCUT2D eigenvalue weighted by atomic mass is 10.1. The van der Waals surface area contributed by atoms with Crippen molar-refractivity contribution >= 4 is 17.5 Å². The van der Waals surface area contributed by atoms with Crippen molar-refractivity contribution in [1.29, 1.82) is 0 Å². The number of ether oxygens (including phenoxy) is 1. The van der Waals surface area contributed by atoms with Gasteiger partial charge >= 0.3 is 0 Å². The van der Waals surface area contributed by atoms with Gasteiger partial charge in [-0.25, -0.2) is 4.98 Å². The van der Waals surface area contributed by atoms with Crippen LogP contribution >= 0.6 is 11.6 Å². The van der Waals surface area contributed by atoms with E-state index in [1.54, 1.807) is 18.7 Å². The Morgan fingerprint density at radius 1 is 1.03 bits per heavy atom. The van der Waals surface area contributed by atoms with Crippen LogP contribution in [0.25, 0.3) is 22.5 Å². The molecule has 0 bridgehead atoms. The topological polar surface area (TPSA) is 63.5 Å². The number of hydrogen-bond acceptors (Lipinski definition) is 5. The van der Waals surface area contributed by atoms with E-state index in [4.69, 9.17) is 16.3 Å². The van der Waals surface area contributed by atoms with Crippen LogP contribution in [0.2, 0.25) is 5.02 Å². The molecule has 5 rings (SSSR count). The predicted octanol–water partition coefficient (Wildman–Crippen LogP) is 2.81. The molecular weight excluding hydrogens is 414 g/mol. The van der Waals surface area contributed by atoms with Gasteiger partial charge in [-0.05, 0) is 24.3 Å². The van der Waals surface area contributed by atoms with Crippen LogP contribution in [0, 0.1) is 0 Å². The van der Waals surface area contributed by atoms with Crippen molar-refractivity contribution in [3.05, 3.63) is 60.1 Å². The molecule has 0 radical (unpaired) electrons. The van der Waals surface area contributed by atoms with Crippen LogP contribution in [0.4, 0.5) is 0 Å². The van der Waals surface area contributed by atoms with Gasteiger partial charge in [0, 0.05) is 60.8 Å². The molecule has 2 aliphatic rings. The van der Waals surface area contributed by atoms with Crippen molar-refractivity contribution in [2.75, 3.05) is 39.4 Å². The smallest absolute Gasteiger partial charge is 0.242 e. The Hall–Kier alpha value is -2.74. The molecule has 7 nitrogen and oxygen atoms in total. The van der Waals surface area contributed by atoms with Crippen molar-refractivity contribution in [2.45, 2.75) is 12.6 Å². The van der Waals surface area contributed by atoms with Crippen LogP contribution in [0.1, 0.15) is 0 Å². The van der Waals surface area contributed by atoms with Gasteiger partial charge in [0.25, 0.3) is 0 Å². The van der Waals surface area contributed by atoms with Crippen LogP contribution in [0.5, 0.6) is 0 Å². The normalized spacial score (nSPS) is 17.5. The quantitative estimate of drug-likeness (QED) is 0.614. The van der Waals surface area contributed by atoms with Gasteiger partial charge < -0.3 is 14.2 Å². The van der Waals surface area contributed by atoms with E-state index in [0.29, 0.717) is 11.1 Å². The number of benzene rings is 1. The second kappa shape index (κ2) is 8.78. The lowest BCUT2D eigenvalue weighted by Gasteiger charge is -2.46. The van der Waals surface area contributed by atoms with E-state index >= 15 is 0 Å². The zero-order valence-electron chi connectivity index (χ0n) is 17.2. The molecule has 2 saturated heterocycles. The van der Waals surface area contributed by atoms with Crippen molar-refractivity contribution in [3.63, 3.8) is 0 Å². The maximum absolute atomic E-state index is 13.0. The summed E-state index contributed by atoms with van der Waals surface area (Å²) in [5.74, 6) is 0.111. The maximum Gasteiger partial charge on any atom is 0.242 e. The molecule has 1 amide bonds. The molecule has 4 heterocycles. The number of carbonyl (C=O) groups is 1. The van der Waals surface area contributed by atoms with Crippen molar-refractivity contribution < 1.29 is 9.53 Å². The number of amides is 1. The second-order valence-electron chi connectivity index (χ2n) is 7.91. The average molecular weight is 438 g/mol. The fourth-order valence-corrected chi connectivity index (χ4v) is 4.34. The fraction of sp³-hybridized carbons (Fsp3) is 0.348. The number of aromatic nitrogens is 3. The van der Waals surface area contributed by atoms with Crippen molar-refractivity contribution in [3.8, 4) is 22.5 Å². The third-order valence-corrected chi connectivity index (χ3v) is 6.24. The molecule has 0 atom stereocenters. The largest absolute Gasteiger partial charge is 0.379 e. The van der Waals surface area contributed by atoms with E-state index in [2.05, 4.69) is 14.9 Å². The molecule has 0 aliphatic carbocycles. The number of hydrogen-bond donors (Lipinski definition) is 0. The van der Waals surface area contributed by atoms with Crippen LogP contribution in [-0.2, 0) is 16.1 Å². The first-order chi connectivity index (χ1) is 15.2. The van der Waals surface area contributed by atoms with Crippen molar-refractivity contribution in [2.24, 2.45) is 0 Å². The second-order valence-corrected chi connectivity index (χ2v) is 8.35. The lowest BCUT2D eigenvalue weighted by Crippen LogP contribution is -2.63. The summed E-state index contributed by atoms with van der Waals surface area (Å²) in [5.41, 5.74) is 3.66. The number of pyridine rings is 1. The van der Waals surface area contributed by atoms with E-state index in [9.17, 15) is 4.79 Å². The molecular formula is C23H24ClN5O2. The number of rotatable bonds is 5. The van der Waals surface area contributed by atoms with Crippen LogP contribution in [0.3, 0.4) is 0 Å². The van der Waals surface area contributed by atoms with E-state index in [1.807, 2.05) is 45.9 Å². The Bertz CT molecular complexity index is 1040. The number of likely N-dealkylation sites (tertiary alicyclic amines) is 1. The Kier molecular flexibility index (Phi) is 5.72. The minimum Gasteiger partial charge on any atom is -0.379 e. The highest BCUT2D eigenvalue weighted by Gasteiger charge is 2.35. The monoisotopic (exact) mass is 437 g/mol. The first kappa shape index (κ1) is 20.2. The predicted molar refractivity (Wildman–Crippen MR) is 119 cm³/mol. The first-order valence-corrected chi connectivity index (χ1v) is 10.9. The molecule has 31 heavy (non-hydrogen) atoms. The highest BCUT2D eigenvalue weighted by molar-refractivity contribution is 6.30. The van der Waals surface area contributed by atoms with Gasteiger partial charge in [0.05, 0.1) is 30.9 Å². The summed E-state index contributed by atoms with van der Waals surface area (Å²) < 4.78 is 7.36. The number of morpholine rings is 1. The van der Waals surface area contributed by atoms with Crippen LogP contribution in [-0.4, -0.2) is 75.7 Å². The van der Waals surface area contributed by atoms with Crippen LogP contribution < -0.4 is 0 Å². The molecule has 0 saturated carbocycles. The zero-order valence-corrected chi connectivity index (χ0v) is 17.9. The third kappa shape index (κ3) is 4.21. The van der Waals surface area contributed by atoms with E-state index in [-0.39, 0.29) is 12.5 Å². The molecule has 0 unspecified atom stereocenters. The molecule has 1 aromatic carbocycles. The fourth-order valence-electron chi connectivity index (χ4n) is 4.21. The minimum absolute atomic E-state index is 0.111. The summed E-state index contributed by atoms with van der Waals surface area (Å²) in [6.07, 6.45) is 5.25. The Morgan fingerprint density at radius 3 is 2.45 bits per heavy atom. The average Bonchev–Trinajstić information content (AvgIpc) is 3.18. The molecule has 3 aromatic rings. The lowest BCUT2D eigenvalue weighted by molar-refractivity contribution is -0.140. The molecule has 2 fully saturated rings. The van der Waals surface area contributed by atoms with Gasteiger partial charge in [0.1, 0.15) is 6.54 Å². The van der Waals surface area contributed by atoms with Gasteiger partial charge in [-0.1, -0.05) is 23.7 Å². The Labute approximate surface area is 186 Å². The van der Waals surface area contributed by atoms with Gasteiger partial charge in [0.2, 0.25) is 5.91 Å². The highest BCUT2D eigenvalue weighted by Crippen LogP contribution is 2.32. The minimum atomic E-state index is 0.111. The number of carbonyl (C=O) groups excluding carboxylic acids is 1. The van der Waals surface area contributed by atoms with Gasteiger partial charge in [-0.2, -0.15) is 0 Å². The van der Waals surface area contributed by atoms with E-state index < -0.39 is 0 Å². The summed E-state index contributed by atoms with van der Waals surface area (Å²) in [7, 11) is 0. The van der Waals surface area contributed by atoms with E-state index in [0.717, 1.165) is 61.9 Å². The summed E-state index contributed by atoms with van der Waals surface area (Å²) in [5, 5.41) is 0.677. The number of imidazole rings is 1. The summed E-state index contributed by atoms with van der Waals surface area (Å²) in [6.45, 7) is 5.28. The zero-order chi connectivity index (χ0) is 21.2. The molecule has 0 N–H and O–H groups in total. The molecule has 0 spiro atoms. The van der Waals surface area contributed by atoms with Gasteiger partial charge in [0.15, 0.2) is 0 Å². The summed E-state index contributed by atoms with van der Waals surface area (Å²) in [6, 6.07) is 11.9. The molecule has 2 aromatic heterocycles. The summed E-state index contributed by atoms with van der Waals surface area (Å²) in [4.78, 5) is 26.1. The highest BCUT2D eigenvalue weighted by atomic mass is 35.5. The number of nitrogens with zero attached hydrogens (tertiary/aromatic N) is 5. The SMILES string of the molecule is O=C(Cn1cnc(-c2ccc(Cl)cc2)c1-c1ccncc1)N1CC(N2CCOCC2)C1. The maximum atomic E-state index is 13.0. The first-order valence-electron chi connectivity index (χ1n) is 10.5. The van der Waals surface area contributed by atoms with Crippen molar-refractivity contribution in [1.82, 2.24) is 24.3 Å². The Morgan fingerprint density at radius 2 is 1.74 bits per heavy atom. The van der Waals surface area contributed by atoms with Gasteiger partial charge in [-0.15, -0.1) is 0 Å². The molecule has 8 heteroatoms. The molecule has 160 valence electrons. The van der Waals surface area contributed by atoms with E-state index in [1.165, 1.54) is 0 Å². The summed E-state index contributed by atoms with van der Waals surface area (Å²) >= 11 is 6.06. The Balaban J connectivity index is 1.35. The van der Waals surface area contributed by atoms with Crippen LogP contribution in [0.15, 0.2) is 55.1 Å². The third-order valence-electron chi connectivity index (χ3n) is 5.99. The van der Waals surface area contributed by atoms with Gasteiger partial charge in [-0.3, -0.25) is 14.7 Å². The number of halogens is 1. The standard InChI is InChI=1S/C23H24ClN5O2/c24-19-3-1-17(2-4-19)22-23(18-5-7-25-8-6-18)29(16-26-22)15-21(30)28-13-20(14-28)27-9-11-31-12-10-27/h1-8,16,20H,9-15H2.